The molecule has 1 fully saturated rings. The molecule has 1 heterocycles. The van der Waals surface area contributed by atoms with Crippen LogP contribution in [0.5, 0.6) is 11.5 Å². The lowest BCUT2D eigenvalue weighted by Crippen LogP contribution is -2.32. The van der Waals surface area contributed by atoms with Crippen molar-refractivity contribution in [3.63, 3.8) is 0 Å². The molecular weight excluding hydrogens is 330 g/mol. The first-order chi connectivity index (χ1) is 12.0. The van der Waals surface area contributed by atoms with Gasteiger partial charge in [0.05, 0.1) is 6.10 Å². The molecule has 1 aliphatic carbocycles. The maximum atomic E-state index is 14.3. The Labute approximate surface area is 147 Å². The molecule has 2 aliphatic rings. The standard InChI is InChI=1S/C19H26F2O4/c1-11-3-6-13(7-4-11)16(25-22)10-23-15-9-14-8-5-12(2)24-19(14)18(21)17(15)20/h9,11-13,16,22H,3-8,10H2,1-2H3. The molecule has 0 saturated heterocycles. The topological polar surface area (TPSA) is 47.9 Å². The summed E-state index contributed by atoms with van der Waals surface area (Å²) in [6.45, 7) is 4.02. The van der Waals surface area contributed by atoms with Gasteiger partial charge < -0.3 is 9.47 Å². The molecule has 4 nitrogen and oxygen atoms in total. The molecule has 1 saturated carbocycles. The Balaban J connectivity index is 1.69. The summed E-state index contributed by atoms with van der Waals surface area (Å²) in [6, 6.07) is 1.50. The highest BCUT2D eigenvalue weighted by Crippen LogP contribution is 2.37. The Kier molecular flexibility index (Phi) is 5.79. The normalized spacial score (nSPS) is 27.3. The van der Waals surface area contributed by atoms with E-state index in [1.54, 1.807) is 0 Å². The lowest BCUT2D eigenvalue weighted by molar-refractivity contribution is -0.297. The van der Waals surface area contributed by atoms with Gasteiger partial charge >= 0.3 is 0 Å². The third-order valence-electron chi connectivity index (χ3n) is 5.47. The van der Waals surface area contributed by atoms with Crippen LogP contribution in [0.2, 0.25) is 0 Å². The number of aryl methyl sites for hydroxylation is 1. The van der Waals surface area contributed by atoms with E-state index in [0.29, 0.717) is 17.9 Å². The summed E-state index contributed by atoms with van der Waals surface area (Å²) >= 11 is 0. The molecule has 2 atom stereocenters. The number of rotatable bonds is 5. The van der Waals surface area contributed by atoms with Crippen molar-refractivity contribution in [3.8, 4) is 11.5 Å². The van der Waals surface area contributed by atoms with Crippen molar-refractivity contribution < 1.29 is 28.4 Å². The molecule has 1 aliphatic heterocycles. The summed E-state index contributed by atoms with van der Waals surface area (Å²) in [6.07, 6.45) is 4.70. The van der Waals surface area contributed by atoms with E-state index in [-0.39, 0.29) is 30.1 Å². The van der Waals surface area contributed by atoms with Crippen LogP contribution in [-0.2, 0) is 11.3 Å². The number of halogens is 2. The number of fused-ring (bicyclic) bond motifs is 1. The van der Waals surface area contributed by atoms with Gasteiger partial charge in [-0.2, -0.15) is 8.78 Å². The van der Waals surface area contributed by atoms with Crippen LogP contribution in [0.25, 0.3) is 0 Å². The Morgan fingerprint density at radius 3 is 2.56 bits per heavy atom. The highest BCUT2D eigenvalue weighted by Gasteiger charge is 2.30. The Bertz CT molecular complexity index is 600. The molecular formula is C19H26F2O4. The van der Waals surface area contributed by atoms with Gasteiger partial charge in [0, 0.05) is 5.56 Å². The summed E-state index contributed by atoms with van der Waals surface area (Å²) in [5.41, 5.74) is 0.611. The predicted octanol–water partition coefficient (Wildman–Crippen LogP) is 4.74. The zero-order valence-corrected chi connectivity index (χ0v) is 14.8. The molecule has 25 heavy (non-hydrogen) atoms. The maximum Gasteiger partial charge on any atom is 0.204 e. The average Bonchev–Trinajstić information content (AvgIpc) is 2.61. The largest absolute Gasteiger partial charge is 0.488 e. The Morgan fingerprint density at radius 1 is 1.16 bits per heavy atom. The van der Waals surface area contributed by atoms with Gasteiger partial charge in [-0.05, 0) is 50.5 Å². The summed E-state index contributed by atoms with van der Waals surface area (Å²) in [4.78, 5) is 4.58. The fourth-order valence-corrected chi connectivity index (χ4v) is 3.76. The molecule has 1 N–H and O–H groups in total. The van der Waals surface area contributed by atoms with Crippen LogP contribution in [0.1, 0.15) is 51.5 Å². The molecule has 0 bridgehead atoms. The quantitative estimate of drug-likeness (QED) is 0.611. The van der Waals surface area contributed by atoms with E-state index in [1.807, 2.05) is 6.92 Å². The van der Waals surface area contributed by atoms with Crippen molar-refractivity contribution in [1.82, 2.24) is 0 Å². The van der Waals surface area contributed by atoms with E-state index in [1.165, 1.54) is 6.07 Å². The highest BCUT2D eigenvalue weighted by molar-refractivity contribution is 5.44. The summed E-state index contributed by atoms with van der Waals surface area (Å²) in [5.74, 6) is -1.39. The van der Waals surface area contributed by atoms with Crippen LogP contribution >= 0.6 is 0 Å². The molecule has 3 rings (SSSR count). The summed E-state index contributed by atoms with van der Waals surface area (Å²) in [7, 11) is 0. The van der Waals surface area contributed by atoms with Gasteiger partial charge in [0.15, 0.2) is 11.5 Å². The molecule has 6 heteroatoms. The first-order valence-electron chi connectivity index (χ1n) is 9.10. The fraction of sp³-hybridized carbons (Fsp3) is 0.684. The van der Waals surface area contributed by atoms with Gasteiger partial charge in [0.25, 0.3) is 0 Å². The molecule has 140 valence electrons. The molecule has 2 unspecified atom stereocenters. The van der Waals surface area contributed by atoms with Crippen molar-refractivity contribution in [2.45, 2.75) is 64.6 Å². The van der Waals surface area contributed by atoms with Crippen LogP contribution < -0.4 is 9.47 Å². The Morgan fingerprint density at radius 2 is 1.88 bits per heavy atom. The Hall–Kier alpha value is -1.40. The molecule has 0 spiro atoms. The number of benzene rings is 1. The molecule has 1 aromatic rings. The summed E-state index contributed by atoms with van der Waals surface area (Å²) < 4.78 is 39.4. The second-order valence-electron chi connectivity index (χ2n) is 7.43. The van der Waals surface area contributed by atoms with Crippen LogP contribution in [0.3, 0.4) is 0 Å². The zero-order chi connectivity index (χ0) is 18.0. The lowest BCUT2D eigenvalue weighted by atomic mass is 9.80. The van der Waals surface area contributed by atoms with Crippen LogP contribution in [0.15, 0.2) is 6.07 Å². The molecule has 0 amide bonds. The zero-order valence-electron chi connectivity index (χ0n) is 14.8. The van der Waals surface area contributed by atoms with Gasteiger partial charge in [0.1, 0.15) is 12.7 Å². The van der Waals surface area contributed by atoms with Crippen molar-refractivity contribution in [2.75, 3.05) is 6.61 Å². The maximum absolute atomic E-state index is 14.3. The minimum absolute atomic E-state index is 0.0120. The second kappa shape index (κ2) is 7.87. The van der Waals surface area contributed by atoms with Gasteiger partial charge in [-0.15, -0.1) is 0 Å². The SMILES string of the molecule is CC1CCC(C(COc2cc3c(c(F)c2F)OC(C)CC3)OO)CC1. The van der Waals surface area contributed by atoms with Crippen LogP contribution in [0, 0.1) is 23.5 Å². The van der Waals surface area contributed by atoms with Crippen molar-refractivity contribution >= 4 is 0 Å². The van der Waals surface area contributed by atoms with E-state index >= 15 is 0 Å². The van der Waals surface area contributed by atoms with Gasteiger partial charge in [0.2, 0.25) is 11.6 Å². The van der Waals surface area contributed by atoms with Crippen molar-refractivity contribution in [3.05, 3.63) is 23.3 Å². The van der Waals surface area contributed by atoms with E-state index in [9.17, 15) is 14.0 Å². The van der Waals surface area contributed by atoms with Gasteiger partial charge in [-0.25, -0.2) is 4.89 Å². The van der Waals surface area contributed by atoms with Crippen molar-refractivity contribution in [1.29, 1.82) is 0 Å². The first kappa shape index (κ1) is 18.4. The monoisotopic (exact) mass is 356 g/mol. The minimum atomic E-state index is -1.05. The number of hydrogen-bond acceptors (Lipinski definition) is 4. The first-order valence-corrected chi connectivity index (χ1v) is 9.10. The van der Waals surface area contributed by atoms with E-state index in [0.717, 1.165) is 32.1 Å². The number of hydrogen-bond donors (Lipinski definition) is 1. The minimum Gasteiger partial charge on any atom is -0.488 e. The molecule has 1 aromatic carbocycles. The fourth-order valence-electron chi connectivity index (χ4n) is 3.76. The number of ether oxygens (including phenoxy) is 2. The van der Waals surface area contributed by atoms with Crippen molar-refractivity contribution in [2.24, 2.45) is 11.8 Å². The average molecular weight is 356 g/mol. The highest BCUT2D eigenvalue weighted by atomic mass is 19.2. The second-order valence-corrected chi connectivity index (χ2v) is 7.43. The predicted molar refractivity (Wildman–Crippen MR) is 88.9 cm³/mol. The smallest absolute Gasteiger partial charge is 0.204 e. The van der Waals surface area contributed by atoms with E-state index < -0.39 is 17.7 Å². The lowest BCUT2D eigenvalue weighted by Gasteiger charge is -2.30. The van der Waals surface area contributed by atoms with Gasteiger partial charge in [-0.1, -0.05) is 19.8 Å². The van der Waals surface area contributed by atoms with Crippen LogP contribution in [-0.4, -0.2) is 24.1 Å². The molecule has 0 radical (unpaired) electrons. The van der Waals surface area contributed by atoms with Gasteiger partial charge in [-0.3, -0.25) is 5.26 Å². The van der Waals surface area contributed by atoms with E-state index in [2.05, 4.69) is 11.8 Å². The third-order valence-corrected chi connectivity index (χ3v) is 5.47. The molecule has 0 aromatic heterocycles. The summed E-state index contributed by atoms with van der Waals surface area (Å²) in [5, 5.41) is 9.20. The third kappa shape index (κ3) is 4.06. The van der Waals surface area contributed by atoms with Crippen LogP contribution in [0.4, 0.5) is 8.78 Å². The van der Waals surface area contributed by atoms with E-state index in [4.69, 9.17) is 9.47 Å².